The van der Waals surface area contributed by atoms with Crippen molar-refractivity contribution in [3.63, 3.8) is 0 Å². The van der Waals surface area contributed by atoms with Crippen molar-refractivity contribution in [3.05, 3.63) is 80.4 Å². The molecule has 1 heterocycles. The lowest BCUT2D eigenvalue weighted by atomic mass is 10.0. The minimum absolute atomic E-state index is 0.0973. The maximum atomic E-state index is 12.3. The van der Waals surface area contributed by atoms with Crippen LogP contribution in [0.5, 0.6) is 0 Å². The van der Waals surface area contributed by atoms with Crippen LogP contribution in [-0.4, -0.2) is 32.6 Å². The molecule has 0 aliphatic carbocycles. The number of carboxylic acids is 1. The average molecular weight is 395 g/mol. The highest BCUT2D eigenvalue weighted by molar-refractivity contribution is 5.84. The van der Waals surface area contributed by atoms with E-state index < -0.39 is 23.1 Å². The van der Waals surface area contributed by atoms with Crippen LogP contribution in [-0.2, 0) is 29.5 Å². The van der Waals surface area contributed by atoms with E-state index in [1.807, 2.05) is 30.3 Å². The van der Waals surface area contributed by atoms with Gasteiger partial charge in [0.2, 0.25) is 5.91 Å². The number of carboxylic acid groups (broad SMARTS) is 1. The van der Waals surface area contributed by atoms with Gasteiger partial charge < -0.3 is 20.0 Å². The zero-order valence-corrected chi connectivity index (χ0v) is 15.8. The first-order valence-corrected chi connectivity index (χ1v) is 9.13. The molecule has 1 atom stereocenters. The maximum Gasteiger partial charge on any atom is 0.326 e. The van der Waals surface area contributed by atoms with E-state index in [0.717, 1.165) is 11.1 Å². The normalized spacial score (nSPS) is 11.9. The molecular formula is C21H21N3O5. The summed E-state index contributed by atoms with van der Waals surface area (Å²) in [6.45, 7) is 0. The Kier molecular flexibility index (Phi) is 5.92. The molecule has 8 nitrogen and oxygen atoms in total. The highest BCUT2D eigenvalue weighted by Crippen LogP contribution is 2.12. The summed E-state index contributed by atoms with van der Waals surface area (Å²) in [6, 6.07) is 13.3. The average Bonchev–Trinajstić information content (AvgIpc) is 2.70. The molecule has 0 saturated heterocycles. The molecule has 0 fully saturated rings. The van der Waals surface area contributed by atoms with E-state index in [9.17, 15) is 24.3 Å². The molecule has 29 heavy (non-hydrogen) atoms. The molecule has 3 aromatic rings. The number of hydrogen-bond acceptors (Lipinski definition) is 4. The van der Waals surface area contributed by atoms with Crippen LogP contribution in [0.25, 0.3) is 11.0 Å². The first-order valence-electron chi connectivity index (χ1n) is 9.13. The van der Waals surface area contributed by atoms with Gasteiger partial charge in [-0.1, -0.05) is 36.4 Å². The van der Waals surface area contributed by atoms with Crippen molar-refractivity contribution >= 4 is 22.9 Å². The van der Waals surface area contributed by atoms with Gasteiger partial charge in [-0.25, -0.2) is 4.79 Å². The number of amides is 1. The fourth-order valence-electron chi connectivity index (χ4n) is 3.14. The molecule has 0 aliphatic heterocycles. The molecule has 150 valence electrons. The standard InChI is InChI=1S/C21H21N3O5/c1-24-17-9-7-14(11-15(17)23-19(26)20(24)27)8-10-18(25)22-16(21(28)29)12-13-5-3-2-4-6-13/h2-7,9,11,16H,8,10,12H2,1H3,(H,22,25)(H,23,26)(H,28,29)/t16-/m1/s1. The second kappa shape index (κ2) is 8.55. The SMILES string of the molecule is Cn1c(=O)c(=O)[nH]c2cc(CCC(=O)N[C@H](Cc3ccccc3)C(=O)O)ccc21. The predicted octanol–water partition coefficient (Wildman–Crippen LogP) is 0.972. The van der Waals surface area contributed by atoms with Gasteiger partial charge in [0.1, 0.15) is 6.04 Å². The first kappa shape index (κ1) is 20.1. The third-order valence-electron chi connectivity index (χ3n) is 4.73. The number of rotatable bonds is 7. The molecule has 0 unspecified atom stereocenters. The van der Waals surface area contributed by atoms with Gasteiger partial charge in [0.05, 0.1) is 11.0 Å². The Bertz CT molecular complexity index is 1160. The quantitative estimate of drug-likeness (QED) is 0.515. The number of aromatic amines is 1. The van der Waals surface area contributed by atoms with Crippen molar-refractivity contribution in [3.8, 4) is 0 Å². The van der Waals surface area contributed by atoms with Crippen LogP contribution >= 0.6 is 0 Å². The zero-order valence-electron chi connectivity index (χ0n) is 15.8. The number of fused-ring (bicyclic) bond motifs is 1. The number of aryl methyl sites for hydroxylation is 2. The maximum absolute atomic E-state index is 12.3. The Morgan fingerprint density at radius 3 is 2.52 bits per heavy atom. The Balaban J connectivity index is 1.66. The van der Waals surface area contributed by atoms with Crippen LogP contribution in [0.15, 0.2) is 58.1 Å². The Morgan fingerprint density at radius 1 is 1.10 bits per heavy atom. The minimum atomic E-state index is -1.09. The third kappa shape index (κ3) is 4.78. The Labute approximate surface area is 165 Å². The first-order chi connectivity index (χ1) is 13.8. The van der Waals surface area contributed by atoms with Crippen molar-refractivity contribution in [1.82, 2.24) is 14.9 Å². The zero-order chi connectivity index (χ0) is 21.0. The fourth-order valence-corrected chi connectivity index (χ4v) is 3.14. The molecule has 1 amide bonds. The molecule has 1 aromatic heterocycles. The largest absolute Gasteiger partial charge is 0.480 e. The number of H-pyrrole nitrogens is 1. The molecule has 0 aliphatic rings. The van der Waals surface area contributed by atoms with E-state index in [1.165, 1.54) is 11.6 Å². The number of carbonyl (C=O) groups is 2. The number of aromatic nitrogens is 2. The number of benzene rings is 2. The Hall–Kier alpha value is -3.68. The number of nitrogens with one attached hydrogen (secondary N) is 2. The molecular weight excluding hydrogens is 374 g/mol. The number of aliphatic carboxylic acids is 1. The van der Waals surface area contributed by atoms with Gasteiger partial charge >= 0.3 is 17.1 Å². The predicted molar refractivity (Wildman–Crippen MR) is 108 cm³/mol. The lowest BCUT2D eigenvalue weighted by Crippen LogP contribution is -2.42. The van der Waals surface area contributed by atoms with Gasteiger partial charge in [0.25, 0.3) is 0 Å². The van der Waals surface area contributed by atoms with E-state index in [2.05, 4.69) is 10.3 Å². The van der Waals surface area contributed by atoms with E-state index in [4.69, 9.17) is 0 Å². The molecule has 3 rings (SSSR count). The second-order valence-corrected chi connectivity index (χ2v) is 6.82. The number of carbonyl (C=O) groups excluding carboxylic acids is 1. The molecule has 2 aromatic carbocycles. The summed E-state index contributed by atoms with van der Waals surface area (Å²) in [7, 11) is 1.52. The van der Waals surface area contributed by atoms with Crippen LogP contribution in [0.2, 0.25) is 0 Å². The summed E-state index contributed by atoms with van der Waals surface area (Å²) in [6.07, 6.45) is 0.664. The van der Waals surface area contributed by atoms with Crippen LogP contribution in [0.3, 0.4) is 0 Å². The lowest BCUT2D eigenvalue weighted by Gasteiger charge is -2.15. The van der Waals surface area contributed by atoms with E-state index in [-0.39, 0.29) is 18.7 Å². The lowest BCUT2D eigenvalue weighted by molar-refractivity contribution is -0.141. The number of nitrogens with zero attached hydrogens (tertiary/aromatic N) is 1. The van der Waals surface area contributed by atoms with Crippen LogP contribution < -0.4 is 16.4 Å². The molecule has 8 heteroatoms. The van der Waals surface area contributed by atoms with Crippen LogP contribution in [0.1, 0.15) is 17.5 Å². The molecule has 3 N–H and O–H groups in total. The number of hydrogen-bond donors (Lipinski definition) is 3. The van der Waals surface area contributed by atoms with Gasteiger partial charge in [-0.05, 0) is 29.7 Å². The minimum Gasteiger partial charge on any atom is -0.480 e. The summed E-state index contributed by atoms with van der Waals surface area (Å²) in [5.74, 6) is -1.46. The van der Waals surface area contributed by atoms with Crippen LogP contribution in [0, 0.1) is 0 Å². The van der Waals surface area contributed by atoms with Crippen molar-refractivity contribution in [1.29, 1.82) is 0 Å². The van der Waals surface area contributed by atoms with E-state index >= 15 is 0 Å². The van der Waals surface area contributed by atoms with Crippen molar-refractivity contribution in [2.75, 3.05) is 0 Å². The van der Waals surface area contributed by atoms with Crippen molar-refractivity contribution in [2.24, 2.45) is 7.05 Å². The molecule has 0 saturated carbocycles. The van der Waals surface area contributed by atoms with E-state index in [1.54, 1.807) is 18.2 Å². The van der Waals surface area contributed by atoms with Gasteiger partial charge in [0.15, 0.2) is 0 Å². The van der Waals surface area contributed by atoms with Crippen molar-refractivity contribution < 1.29 is 14.7 Å². The third-order valence-corrected chi connectivity index (χ3v) is 4.73. The van der Waals surface area contributed by atoms with Gasteiger partial charge in [-0.15, -0.1) is 0 Å². The smallest absolute Gasteiger partial charge is 0.326 e. The summed E-state index contributed by atoms with van der Waals surface area (Å²) in [5.41, 5.74) is 1.35. The Morgan fingerprint density at radius 2 is 1.83 bits per heavy atom. The topological polar surface area (TPSA) is 121 Å². The highest BCUT2D eigenvalue weighted by Gasteiger charge is 2.20. The highest BCUT2D eigenvalue weighted by atomic mass is 16.4. The van der Waals surface area contributed by atoms with E-state index in [0.29, 0.717) is 17.5 Å². The molecule has 0 spiro atoms. The van der Waals surface area contributed by atoms with Crippen molar-refractivity contribution in [2.45, 2.75) is 25.3 Å². The summed E-state index contributed by atoms with van der Waals surface area (Å²) >= 11 is 0. The molecule has 0 radical (unpaired) electrons. The summed E-state index contributed by atoms with van der Waals surface area (Å²) in [5, 5.41) is 11.9. The fraction of sp³-hybridized carbons (Fsp3) is 0.238. The second-order valence-electron chi connectivity index (χ2n) is 6.82. The summed E-state index contributed by atoms with van der Waals surface area (Å²) < 4.78 is 1.27. The summed E-state index contributed by atoms with van der Waals surface area (Å²) in [4.78, 5) is 49.6. The molecule has 0 bridgehead atoms. The van der Waals surface area contributed by atoms with Gasteiger partial charge in [0, 0.05) is 19.9 Å². The monoisotopic (exact) mass is 395 g/mol. The van der Waals surface area contributed by atoms with Crippen LogP contribution in [0.4, 0.5) is 0 Å². The van der Waals surface area contributed by atoms with Gasteiger partial charge in [-0.2, -0.15) is 0 Å². The van der Waals surface area contributed by atoms with Gasteiger partial charge in [-0.3, -0.25) is 14.4 Å².